The number of imidazole rings is 1. The standard InChI is InChI=1S/C17H19N5O2/c1-21(11-14-19-16(24-20-14)12-4-2-3-5-12)17(23)13-6-7-15-18-8-9-22(15)10-13/h6-10,12H,2-5,11H2,1H3. The number of hydrogen-bond acceptors (Lipinski definition) is 5. The van der Waals surface area contributed by atoms with E-state index in [1.54, 1.807) is 30.4 Å². The Bertz CT molecular complexity index is 863. The van der Waals surface area contributed by atoms with Crippen LogP contribution in [-0.4, -0.2) is 37.4 Å². The van der Waals surface area contributed by atoms with Crippen molar-refractivity contribution >= 4 is 11.6 Å². The summed E-state index contributed by atoms with van der Waals surface area (Å²) >= 11 is 0. The van der Waals surface area contributed by atoms with Gasteiger partial charge in [-0.1, -0.05) is 18.0 Å². The Morgan fingerprint density at radius 1 is 1.38 bits per heavy atom. The van der Waals surface area contributed by atoms with E-state index in [4.69, 9.17) is 4.52 Å². The van der Waals surface area contributed by atoms with Gasteiger partial charge in [0.05, 0.1) is 12.1 Å². The SMILES string of the molecule is CN(Cc1noc(C2CCCC2)n1)C(=O)c1ccc2nccn2c1. The van der Waals surface area contributed by atoms with Crippen LogP contribution in [0.2, 0.25) is 0 Å². The fourth-order valence-corrected chi connectivity index (χ4v) is 3.22. The highest BCUT2D eigenvalue weighted by Crippen LogP contribution is 2.32. The largest absolute Gasteiger partial charge is 0.339 e. The maximum atomic E-state index is 12.6. The molecule has 3 heterocycles. The van der Waals surface area contributed by atoms with Crippen LogP contribution in [0.1, 0.15) is 53.7 Å². The molecule has 7 heteroatoms. The molecule has 3 aromatic rings. The summed E-state index contributed by atoms with van der Waals surface area (Å²) in [5.74, 6) is 1.56. The minimum Gasteiger partial charge on any atom is -0.339 e. The average molecular weight is 325 g/mol. The summed E-state index contributed by atoms with van der Waals surface area (Å²) in [5.41, 5.74) is 1.41. The number of carbonyl (C=O) groups excluding carboxylic acids is 1. The molecular formula is C17H19N5O2. The maximum absolute atomic E-state index is 12.6. The van der Waals surface area contributed by atoms with Crippen molar-refractivity contribution in [3.63, 3.8) is 0 Å². The highest BCUT2D eigenvalue weighted by molar-refractivity contribution is 5.94. The number of fused-ring (bicyclic) bond motifs is 1. The minimum atomic E-state index is -0.0854. The molecule has 3 aromatic heterocycles. The molecule has 124 valence electrons. The molecule has 0 radical (unpaired) electrons. The van der Waals surface area contributed by atoms with Crippen LogP contribution in [0.3, 0.4) is 0 Å². The van der Waals surface area contributed by atoms with Gasteiger partial charge < -0.3 is 13.8 Å². The van der Waals surface area contributed by atoms with E-state index in [2.05, 4.69) is 15.1 Å². The number of pyridine rings is 1. The van der Waals surface area contributed by atoms with Crippen molar-refractivity contribution in [1.29, 1.82) is 0 Å². The van der Waals surface area contributed by atoms with Gasteiger partial charge in [-0.25, -0.2) is 4.98 Å². The Labute approximate surface area is 139 Å². The first-order valence-corrected chi connectivity index (χ1v) is 8.21. The summed E-state index contributed by atoms with van der Waals surface area (Å²) in [7, 11) is 1.74. The molecule has 0 spiro atoms. The van der Waals surface area contributed by atoms with Gasteiger partial charge in [0, 0.05) is 31.6 Å². The number of carbonyl (C=O) groups is 1. The Morgan fingerprint density at radius 2 is 2.21 bits per heavy atom. The summed E-state index contributed by atoms with van der Waals surface area (Å²) in [4.78, 5) is 22.8. The van der Waals surface area contributed by atoms with E-state index < -0.39 is 0 Å². The van der Waals surface area contributed by atoms with Gasteiger partial charge in [0.15, 0.2) is 5.82 Å². The Balaban J connectivity index is 1.46. The van der Waals surface area contributed by atoms with E-state index in [9.17, 15) is 4.79 Å². The Kier molecular flexibility index (Phi) is 3.76. The van der Waals surface area contributed by atoms with Crippen LogP contribution in [0.4, 0.5) is 0 Å². The average Bonchev–Trinajstić information content (AvgIpc) is 3.33. The summed E-state index contributed by atoms with van der Waals surface area (Å²) in [6.07, 6.45) is 9.97. The Hall–Kier alpha value is -2.70. The summed E-state index contributed by atoms with van der Waals surface area (Å²) in [6.45, 7) is 0.330. The first-order valence-electron chi connectivity index (χ1n) is 8.21. The molecular weight excluding hydrogens is 306 g/mol. The van der Waals surface area contributed by atoms with Crippen LogP contribution in [0.25, 0.3) is 5.65 Å². The zero-order valence-corrected chi connectivity index (χ0v) is 13.6. The quantitative estimate of drug-likeness (QED) is 0.737. The van der Waals surface area contributed by atoms with Crippen LogP contribution in [0.5, 0.6) is 0 Å². The van der Waals surface area contributed by atoms with Crippen LogP contribution in [0, 0.1) is 0 Å². The third-order valence-corrected chi connectivity index (χ3v) is 4.55. The third kappa shape index (κ3) is 2.77. The van der Waals surface area contributed by atoms with Crippen molar-refractivity contribution in [3.8, 4) is 0 Å². The molecule has 0 N–H and O–H groups in total. The molecule has 0 unspecified atom stereocenters. The molecule has 7 nitrogen and oxygen atoms in total. The first-order chi connectivity index (χ1) is 11.7. The summed E-state index contributed by atoms with van der Waals surface area (Å²) < 4.78 is 7.20. The zero-order chi connectivity index (χ0) is 16.5. The zero-order valence-electron chi connectivity index (χ0n) is 13.6. The number of aromatic nitrogens is 4. The van der Waals surface area contributed by atoms with E-state index in [0.29, 0.717) is 29.7 Å². The molecule has 0 aliphatic heterocycles. The molecule has 1 saturated carbocycles. The van der Waals surface area contributed by atoms with Crippen LogP contribution < -0.4 is 0 Å². The minimum absolute atomic E-state index is 0.0854. The van der Waals surface area contributed by atoms with E-state index in [1.165, 1.54) is 12.8 Å². The molecule has 1 aliphatic carbocycles. The van der Waals surface area contributed by atoms with Gasteiger partial charge in [-0.3, -0.25) is 4.79 Å². The van der Waals surface area contributed by atoms with E-state index in [0.717, 1.165) is 18.5 Å². The fraction of sp³-hybridized carbons (Fsp3) is 0.412. The lowest BCUT2D eigenvalue weighted by Crippen LogP contribution is -2.27. The van der Waals surface area contributed by atoms with Crippen molar-refractivity contribution in [2.45, 2.75) is 38.1 Å². The topological polar surface area (TPSA) is 76.5 Å². The van der Waals surface area contributed by atoms with Gasteiger partial charge in [0.2, 0.25) is 5.89 Å². The Morgan fingerprint density at radius 3 is 3.04 bits per heavy atom. The van der Waals surface area contributed by atoms with Crippen molar-refractivity contribution in [1.82, 2.24) is 24.4 Å². The molecule has 0 aromatic carbocycles. The van der Waals surface area contributed by atoms with E-state index in [-0.39, 0.29) is 5.91 Å². The maximum Gasteiger partial charge on any atom is 0.255 e. The first kappa shape index (κ1) is 14.9. The van der Waals surface area contributed by atoms with Gasteiger partial charge in [-0.05, 0) is 25.0 Å². The van der Waals surface area contributed by atoms with Gasteiger partial charge >= 0.3 is 0 Å². The van der Waals surface area contributed by atoms with Gasteiger partial charge in [0.25, 0.3) is 5.91 Å². The smallest absolute Gasteiger partial charge is 0.255 e. The van der Waals surface area contributed by atoms with Gasteiger partial charge in [-0.15, -0.1) is 0 Å². The molecule has 0 bridgehead atoms. The molecule has 0 atom stereocenters. The molecule has 0 saturated heterocycles. The van der Waals surface area contributed by atoms with Crippen molar-refractivity contribution < 1.29 is 9.32 Å². The number of amides is 1. The second-order valence-corrected chi connectivity index (χ2v) is 6.30. The van der Waals surface area contributed by atoms with Crippen LogP contribution >= 0.6 is 0 Å². The molecule has 1 aliphatic rings. The lowest BCUT2D eigenvalue weighted by atomic mass is 10.1. The predicted octanol–water partition coefficient (Wildman–Crippen LogP) is 2.65. The van der Waals surface area contributed by atoms with Gasteiger partial charge in [0.1, 0.15) is 5.65 Å². The second-order valence-electron chi connectivity index (χ2n) is 6.30. The molecule has 24 heavy (non-hydrogen) atoms. The fourth-order valence-electron chi connectivity index (χ4n) is 3.22. The van der Waals surface area contributed by atoms with E-state index >= 15 is 0 Å². The number of hydrogen-bond donors (Lipinski definition) is 0. The number of nitrogens with zero attached hydrogens (tertiary/aromatic N) is 5. The van der Waals surface area contributed by atoms with Gasteiger partial charge in [-0.2, -0.15) is 4.98 Å². The predicted molar refractivity (Wildman–Crippen MR) is 86.5 cm³/mol. The van der Waals surface area contributed by atoms with Crippen molar-refractivity contribution in [2.24, 2.45) is 0 Å². The highest BCUT2D eigenvalue weighted by atomic mass is 16.5. The molecule has 1 fully saturated rings. The van der Waals surface area contributed by atoms with Crippen molar-refractivity contribution in [3.05, 3.63) is 48.0 Å². The normalized spacial score (nSPS) is 15.2. The highest BCUT2D eigenvalue weighted by Gasteiger charge is 2.23. The molecule has 1 amide bonds. The van der Waals surface area contributed by atoms with Crippen molar-refractivity contribution in [2.75, 3.05) is 7.05 Å². The molecule has 4 rings (SSSR count). The number of rotatable bonds is 4. The van der Waals surface area contributed by atoms with E-state index in [1.807, 2.05) is 16.7 Å². The monoisotopic (exact) mass is 325 g/mol. The summed E-state index contributed by atoms with van der Waals surface area (Å²) in [5, 5.41) is 4.02. The van der Waals surface area contributed by atoms with Crippen LogP contribution in [0.15, 0.2) is 35.2 Å². The summed E-state index contributed by atoms with van der Waals surface area (Å²) in [6, 6.07) is 3.61. The third-order valence-electron chi connectivity index (χ3n) is 4.55. The lowest BCUT2D eigenvalue weighted by Gasteiger charge is -2.15. The lowest BCUT2D eigenvalue weighted by molar-refractivity contribution is 0.0780. The van der Waals surface area contributed by atoms with Crippen LogP contribution in [-0.2, 0) is 6.54 Å². The second kappa shape index (κ2) is 6.07.